The summed E-state index contributed by atoms with van der Waals surface area (Å²) in [4.78, 5) is 23.6. The van der Waals surface area contributed by atoms with Crippen LogP contribution in [-0.2, 0) is 22.4 Å². The maximum absolute atomic E-state index is 13.6. The Morgan fingerprint density at radius 1 is 1.12 bits per heavy atom. The predicted molar refractivity (Wildman–Crippen MR) is 86.3 cm³/mol. The van der Waals surface area contributed by atoms with Gasteiger partial charge in [-0.1, -0.05) is 35.9 Å². The Balaban J connectivity index is 2.06. The van der Waals surface area contributed by atoms with Crippen molar-refractivity contribution < 1.29 is 18.4 Å². The molecular formula is C17H15ClF2N2O2. The SMILES string of the molecule is NC(=O)[C@@H](Cc1ccccc1Cl)NC(=O)Cc1ccc(F)cc1F. The minimum atomic E-state index is -0.985. The van der Waals surface area contributed by atoms with E-state index in [9.17, 15) is 18.4 Å². The first kappa shape index (κ1) is 17.9. The minimum absolute atomic E-state index is 0.0230. The molecule has 7 heteroatoms. The number of rotatable bonds is 6. The third-order valence-electron chi connectivity index (χ3n) is 3.43. The molecular weight excluding hydrogens is 338 g/mol. The molecule has 2 amide bonds. The Labute approximate surface area is 142 Å². The number of nitrogens with one attached hydrogen (secondary N) is 1. The van der Waals surface area contributed by atoms with E-state index in [-0.39, 0.29) is 18.4 Å². The van der Waals surface area contributed by atoms with E-state index in [1.54, 1.807) is 24.3 Å². The predicted octanol–water partition coefficient (Wildman–Crippen LogP) is 2.37. The molecule has 0 aromatic heterocycles. The first-order chi connectivity index (χ1) is 11.4. The number of primary amides is 1. The van der Waals surface area contributed by atoms with Crippen LogP contribution in [-0.4, -0.2) is 17.9 Å². The molecule has 3 N–H and O–H groups in total. The molecule has 1 atom stereocenters. The van der Waals surface area contributed by atoms with Crippen LogP contribution >= 0.6 is 11.6 Å². The van der Waals surface area contributed by atoms with Gasteiger partial charge in [0.25, 0.3) is 0 Å². The van der Waals surface area contributed by atoms with Gasteiger partial charge in [0.2, 0.25) is 11.8 Å². The van der Waals surface area contributed by atoms with Crippen LogP contribution < -0.4 is 11.1 Å². The molecule has 0 bridgehead atoms. The lowest BCUT2D eigenvalue weighted by Gasteiger charge is -2.16. The zero-order valence-electron chi connectivity index (χ0n) is 12.6. The van der Waals surface area contributed by atoms with Crippen molar-refractivity contribution in [2.45, 2.75) is 18.9 Å². The average Bonchev–Trinajstić information content (AvgIpc) is 2.51. The molecule has 0 radical (unpaired) electrons. The molecule has 0 aliphatic heterocycles. The Bertz CT molecular complexity index is 768. The zero-order chi connectivity index (χ0) is 17.7. The van der Waals surface area contributed by atoms with Crippen molar-refractivity contribution in [3.8, 4) is 0 Å². The minimum Gasteiger partial charge on any atom is -0.368 e. The van der Waals surface area contributed by atoms with E-state index in [0.29, 0.717) is 16.7 Å². The molecule has 4 nitrogen and oxygen atoms in total. The smallest absolute Gasteiger partial charge is 0.240 e. The number of hydrogen-bond donors (Lipinski definition) is 2. The summed E-state index contributed by atoms with van der Waals surface area (Å²) in [5.41, 5.74) is 5.98. The highest BCUT2D eigenvalue weighted by atomic mass is 35.5. The Hall–Kier alpha value is -2.47. The molecule has 0 saturated heterocycles. The fourth-order valence-electron chi connectivity index (χ4n) is 2.19. The van der Waals surface area contributed by atoms with Gasteiger partial charge < -0.3 is 11.1 Å². The van der Waals surface area contributed by atoms with Crippen molar-refractivity contribution >= 4 is 23.4 Å². The number of amides is 2. The van der Waals surface area contributed by atoms with Gasteiger partial charge in [0.05, 0.1) is 6.42 Å². The molecule has 126 valence electrons. The van der Waals surface area contributed by atoms with E-state index < -0.39 is 29.5 Å². The van der Waals surface area contributed by atoms with Gasteiger partial charge in [0.15, 0.2) is 0 Å². The van der Waals surface area contributed by atoms with E-state index in [2.05, 4.69) is 5.32 Å². The first-order valence-electron chi connectivity index (χ1n) is 7.13. The molecule has 0 heterocycles. The lowest BCUT2D eigenvalue weighted by molar-refractivity contribution is -0.127. The summed E-state index contributed by atoms with van der Waals surface area (Å²) in [6.45, 7) is 0. The monoisotopic (exact) mass is 352 g/mol. The maximum atomic E-state index is 13.6. The highest BCUT2D eigenvalue weighted by molar-refractivity contribution is 6.31. The molecule has 24 heavy (non-hydrogen) atoms. The van der Waals surface area contributed by atoms with Crippen molar-refractivity contribution in [1.29, 1.82) is 0 Å². The van der Waals surface area contributed by atoms with Crippen LogP contribution in [0.5, 0.6) is 0 Å². The van der Waals surface area contributed by atoms with Crippen LogP contribution in [0.2, 0.25) is 5.02 Å². The second-order valence-electron chi connectivity index (χ2n) is 5.23. The largest absolute Gasteiger partial charge is 0.368 e. The Morgan fingerprint density at radius 2 is 1.83 bits per heavy atom. The summed E-state index contributed by atoms with van der Waals surface area (Å²) in [5, 5.41) is 2.90. The highest BCUT2D eigenvalue weighted by Crippen LogP contribution is 2.17. The number of benzene rings is 2. The summed E-state index contributed by atoms with van der Waals surface area (Å²) < 4.78 is 26.4. The molecule has 0 unspecified atom stereocenters. The summed E-state index contributed by atoms with van der Waals surface area (Å²) in [7, 11) is 0. The van der Waals surface area contributed by atoms with E-state index in [1.165, 1.54) is 6.07 Å². The molecule has 0 saturated carbocycles. The number of hydrogen-bond acceptors (Lipinski definition) is 2. The summed E-state index contributed by atoms with van der Waals surface area (Å²) in [6.07, 6.45) is -0.217. The van der Waals surface area contributed by atoms with E-state index in [1.807, 2.05) is 0 Å². The van der Waals surface area contributed by atoms with Crippen molar-refractivity contribution in [3.63, 3.8) is 0 Å². The van der Waals surface area contributed by atoms with Gasteiger partial charge in [-0.2, -0.15) is 0 Å². The molecule has 2 rings (SSSR count). The molecule has 0 aliphatic carbocycles. The normalized spacial score (nSPS) is 11.8. The van der Waals surface area contributed by atoms with Gasteiger partial charge in [0, 0.05) is 17.5 Å². The molecule has 2 aromatic carbocycles. The molecule has 0 fully saturated rings. The van der Waals surface area contributed by atoms with Gasteiger partial charge in [-0.05, 0) is 23.3 Å². The van der Waals surface area contributed by atoms with Crippen molar-refractivity contribution in [2.75, 3.05) is 0 Å². The second kappa shape index (κ2) is 7.88. The molecule has 0 spiro atoms. The van der Waals surface area contributed by atoms with Crippen LogP contribution in [0.15, 0.2) is 42.5 Å². The fourth-order valence-corrected chi connectivity index (χ4v) is 2.40. The Kier molecular flexibility index (Phi) is 5.87. The number of nitrogens with two attached hydrogens (primary N) is 1. The van der Waals surface area contributed by atoms with Crippen LogP contribution in [0.1, 0.15) is 11.1 Å². The maximum Gasteiger partial charge on any atom is 0.240 e. The molecule has 0 aliphatic rings. The van der Waals surface area contributed by atoms with Crippen LogP contribution in [0.4, 0.5) is 8.78 Å². The topological polar surface area (TPSA) is 72.2 Å². The third-order valence-corrected chi connectivity index (χ3v) is 3.80. The quantitative estimate of drug-likeness (QED) is 0.837. The van der Waals surface area contributed by atoms with Gasteiger partial charge in [0.1, 0.15) is 17.7 Å². The lowest BCUT2D eigenvalue weighted by Crippen LogP contribution is -2.46. The van der Waals surface area contributed by atoms with Gasteiger partial charge in [-0.15, -0.1) is 0 Å². The van der Waals surface area contributed by atoms with Gasteiger partial charge >= 0.3 is 0 Å². The third kappa shape index (κ3) is 4.76. The standard InChI is InChI=1S/C17H15ClF2N2O2/c18-13-4-2-1-3-10(13)7-15(17(21)24)22-16(23)8-11-5-6-12(19)9-14(11)20/h1-6,9,15H,7-8H2,(H2,21,24)(H,22,23)/t15-/m1/s1. The number of carbonyl (C=O) groups excluding carboxylic acids is 2. The van der Waals surface area contributed by atoms with Crippen LogP contribution in [0.3, 0.4) is 0 Å². The number of halogens is 3. The lowest BCUT2D eigenvalue weighted by atomic mass is 10.0. The van der Waals surface area contributed by atoms with Crippen LogP contribution in [0, 0.1) is 11.6 Å². The fraction of sp³-hybridized carbons (Fsp3) is 0.176. The van der Waals surface area contributed by atoms with Crippen molar-refractivity contribution in [2.24, 2.45) is 5.73 Å². The van der Waals surface area contributed by atoms with Crippen LogP contribution in [0.25, 0.3) is 0 Å². The second-order valence-corrected chi connectivity index (χ2v) is 5.64. The first-order valence-corrected chi connectivity index (χ1v) is 7.50. The average molecular weight is 353 g/mol. The highest BCUT2D eigenvalue weighted by Gasteiger charge is 2.20. The van der Waals surface area contributed by atoms with Crippen molar-refractivity contribution in [1.82, 2.24) is 5.32 Å². The van der Waals surface area contributed by atoms with Crippen molar-refractivity contribution in [3.05, 3.63) is 70.2 Å². The summed E-state index contributed by atoms with van der Waals surface area (Å²) >= 11 is 6.02. The van der Waals surface area contributed by atoms with E-state index >= 15 is 0 Å². The number of carbonyl (C=O) groups is 2. The molecule has 2 aromatic rings. The zero-order valence-corrected chi connectivity index (χ0v) is 13.3. The summed E-state index contributed by atoms with van der Waals surface area (Å²) in [5.74, 6) is -2.89. The Morgan fingerprint density at radius 3 is 2.46 bits per heavy atom. The van der Waals surface area contributed by atoms with E-state index in [4.69, 9.17) is 17.3 Å². The van der Waals surface area contributed by atoms with Gasteiger partial charge in [-0.3, -0.25) is 9.59 Å². The van der Waals surface area contributed by atoms with E-state index in [0.717, 1.165) is 6.07 Å². The van der Waals surface area contributed by atoms with Gasteiger partial charge in [-0.25, -0.2) is 8.78 Å². The summed E-state index contributed by atoms with van der Waals surface area (Å²) in [6, 6.07) is 8.79.